The number of carbonyl (C=O) groups is 1. The van der Waals surface area contributed by atoms with Crippen LogP contribution in [0.5, 0.6) is 0 Å². The zero-order valence-corrected chi connectivity index (χ0v) is 16.5. The number of piperazine rings is 1. The molecule has 0 radical (unpaired) electrons. The number of rotatable bonds is 4. The first-order valence-corrected chi connectivity index (χ1v) is 9.24. The molecule has 0 amide bonds. The lowest BCUT2D eigenvalue weighted by Gasteiger charge is -2.34. The monoisotopic (exact) mass is 355 g/mol. The Kier molecular flexibility index (Phi) is 5.14. The number of aromatic nitrogens is 3. The topological polar surface area (TPSA) is 54.3 Å². The molecule has 0 aliphatic carbocycles. The fraction of sp³-hybridized carbons (Fsp3) is 0.550. The quantitative estimate of drug-likeness (QED) is 0.789. The highest BCUT2D eigenvalue weighted by molar-refractivity contribution is 5.99. The Balaban J connectivity index is 1.63. The lowest BCUT2D eigenvalue weighted by Crippen LogP contribution is -2.48. The normalized spacial score (nSPS) is 16.1. The highest BCUT2D eigenvalue weighted by atomic mass is 16.1. The lowest BCUT2D eigenvalue weighted by molar-refractivity contribution is 0.0925. The molecule has 1 aliphatic rings. The summed E-state index contributed by atoms with van der Waals surface area (Å²) in [7, 11) is 0. The molecule has 0 saturated carbocycles. The van der Waals surface area contributed by atoms with Crippen molar-refractivity contribution < 1.29 is 4.79 Å². The summed E-state index contributed by atoms with van der Waals surface area (Å²) in [4.78, 5) is 25.9. The van der Waals surface area contributed by atoms with Gasteiger partial charge in [-0.3, -0.25) is 9.69 Å². The van der Waals surface area contributed by atoms with Crippen molar-refractivity contribution in [3.05, 3.63) is 41.5 Å². The van der Waals surface area contributed by atoms with Gasteiger partial charge >= 0.3 is 0 Å². The van der Waals surface area contributed by atoms with E-state index >= 15 is 0 Å². The molecule has 6 nitrogen and oxygen atoms in total. The standard InChI is InChI=1S/C20H29N5O/c1-15-13-17(16(2)25(15)20(3,4)5)18(26)14-23-9-11-24(12-10-23)19-21-7-6-8-22-19/h6-8,13H,9-12,14H2,1-5H3. The Morgan fingerprint density at radius 3 is 2.23 bits per heavy atom. The van der Waals surface area contributed by atoms with Crippen molar-refractivity contribution in [2.75, 3.05) is 37.6 Å². The SMILES string of the molecule is Cc1cc(C(=O)CN2CCN(c3ncccn3)CC2)c(C)n1C(C)(C)C. The van der Waals surface area contributed by atoms with Crippen LogP contribution in [-0.2, 0) is 5.54 Å². The maximum atomic E-state index is 12.9. The average Bonchev–Trinajstić information content (AvgIpc) is 2.91. The molecule has 2 aromatic heterocycles. The van der Waals surface area contributed by atoms with Crippen molar-refractivity contribution in [2.24, 2.45) is 0 Å². The molecule has 3 rings (SSSR count). The van der Waals surface area contributed by atoms with Crippen LogP contribution >= 0.6 is 0 Å². The van der Waals surface area contributed by atoms with E-state index in [-0.39, 0.29) is 11.3 Å². The van der Waals surface area contributed by atoms with Crippen LogP contribution in [0.4, 0.5) is 5.95 Å². The number of carbonyl (C=O) groups excluding carboxylic acids is 1. The van der Waals surface area contributed by atoms with E-state index in [0.29, 0.717) is 6.54 Å². The third kappa shape index (κ3) is 3.80. The minimum atomic E-state index is -0.0198. The molecule has 0 atom stereocenters. The van der Waals surface area contributed by atoms with Gasteiger partial charge in [0.05, 0.1) is 6.54 Å². The van der Waals surface area contributed by atoms with E-state index in [0.717, 1.165) is 49.1 Å². The van der Waals surface area contributed by atoms with E-state index < -0.39 is 0 Å². The van der Waals surface area contributed by atoms with E-state index in [2.05, 4.69) is 59.0 Å². The van der Waals surface area contributed by atoms with Crippen LogP contribution in [0.15, 0.2) is 24.5 Å². The Bertz CT molecular complexity index is 767. The molecule has 140 valence electrons. The van der Waals surface area contributed by atoms with Gasteiger partial charge in [0.2, 0.25) is 5.95 Å². The van der Waals surface area contributed by atoms with E-state index in [1.54, 1.807) is 12.4 Å². The minimum absolute atomic E-state index is 0.0198. The van der Waals surface area contributed by atoms with E-state index in [4.69, 9.17) is 0 Å². The Hall–Kier alpha value is -2.21. The number of anilines is 1. The van der Waals surface area contributed by atoms with Gasteiger partial charge in [0.1, 0.15) is 0 Å². The van der Waals surface area contributed by atoms with E-state index in [1.807, 2.05) is 12.1 Å². The van der Waals surface area contributed by atoms with Crippen LogP contribution in [0.25, 0.3) is 0 Å². The fourth-order valence-electron chi connectivity index (χ4n) is 3.93. The van der Waals surface area contributed by atoms with Gasteiger partial charge in [-0.05, 0) is 46.8 Å². The van der Waals surface area contributed by atoms with Crippen molar-refractivity contribution in [2.45, 2.75) is 40.2 Å². The summed E-state index contributed by atoms with van der Waals surface area (Å²) in [5, 5.41) is 0. The van der Waals surface area contributed by atoms with Crippen molar-refractivity contribution >= 4 is 11.7 Å². The molecular weight excluding hydrogens is 326 g/mol. The molecule has 2 aromatic rings. The van der Waals surface area contributed by atoms with Gasteiger partial charge in [0.25, 0.3) is 0 Å². The second-order valence-electron chi connectivity index (χ2n) is 8.03. The summed E-state index contributed by atoms with van der Waals surface area (Å²) in [6, 6.07) is 3.86. The predicted molar refractivity (Wildman–Crippen MR) is 104 cm³/mol. The third-order valence-electron chi connectivity index (χ3n) is 4.98. The zero-order chi connectivity index (χ0) is 18.9. The molecule has 0 N–H and O–H groups in total. The fourth-order valence-corrected chi connectivity index (χ4v) is 3.93. The van der Waals surface area contributed by atoms with Crippen LogP contribution in [-0.4, -0.2) is 57.9 Å². The average molecular weight is 355 g/mol. The first-order valence-electron chi connectivity index (χ1n) is 9.24. The molecule has 1 fully saturated rings. The molecule has 3 heterocycles. The molecule has 0 aromatic carbocycles. The van der Waals surface area contributed by atoms with Gasteiger partial charge in [0, 0.05) is 61.1 Å². The van der Waals surface area contributed by atoms with Gasteiger partial charge in [-0.1, -0.05) is 0 Å². The smallest absolute Gasteiger partial charge is 0.225 e. The van der Waals surface area contributed by atoms with Crippen LogP contribution < -0.4 is 4.90 Å². The first kappa shape index (κ1) is 18.6. The molecule has 1 aliphatic heterocycles. The molecule has 0 unspecified atom stereocenters. The highest BCUT2D eigenvalue weighted by Crippen LogP contribution is 2.25. The summed E-state index contributed by atoms with van der Waals surface area (Å²) in [5.41, 5.74) is 3.04. The van der Waals surface area contributed by atoms with Crippen LogP contribution in [0.2, 0.25) is 0 Å². The lowest BCUT2D eigenvalue weighted by atomic mass is 10.1. The predicted octanol–water partition coefficient (Wildman–Crippen LogP) is 2.65. The van der Waals surface area contributed by atoms with Crippen molar-refractivity contribution in [1.29, 1.82) is 0 Å². The maximum Gasteiger partial charge on any atom is 0.225 e. The number of Topliss-reactive ketones (excluding diaryl/α,β-unsaturated/α-hetero) is 1. The Morgan fingerprint density at radius 1 is 1.08 bits per heavy atom. The molecule has 0 bridgehead atoms. The molecule has 1 saturated heterocycles. The summed E-state index contributed by atoms with van der Waals surface area (Å²) in [6.45, 7) is 14.5. The summed E-state index contributed by atoms with van der Waals surface area (Å²) < 4.78 is 2.25. The summed E-state index contributed by atoms with van der Waals surface area (Å²) >= 11 is 0. The van der Waals surface area contributed by atoms with Crippen LogP contribution in [0.3, 0.4) is 0 Å². The van der Waals surface area contributed by atoms with Gasteiger partial charge in [0.15, 0.2) is 5.78 Å². The van der Waals surface area contributed by atoms with Crippen molar-refractivity contribution in [3.63, 3.8) is 0 Å². The Morgan fingerprint density at radius 2 is 1.69 bits per heavy atom. The number of nitrogens with zero attached hydrogens (tertiary/aromatic N) is 5. The van der Waals surface area contributed by atoms with Crippen molar-refractivity contribution in [3.8, 4) is 0 Å². The first-order chi connectivity index (χ1) is 12.3. The molecule has 6 heteroatoms. The van der Waals surface area contributed by atoms with Gasteiger partial charge < -0.3 is 9.47 Å². The largest absolute Gasteiger partial charge is 0.343 e. The van der Waals surface area contributed by atoms with E-state index in [9.17, 15) is 4.79 Å². The van der Waals surface area contributed by atoms with Gasteiger partial charge in [-0.15, -0.1) is 0 Å². The zero-order valence-electron chi connectivity index (χ0n) is 16.5. The minimum Gasteiger partial charge on any atom is -0.343 e. The van der Waals surface area contributed by atoms with Crippen LogP contribution in [0.1, 0.15) is 42.5 Å². The Labute approximate surface area is 155 Å². The maximum absolute atomic E-state index is 12.9. The highest BCUT2D eigenvalue weighted by Gasteiger charge is 2.25. The molecular formula is C20H29N5O. The number of hydrogen-bond acceptors (Lipinski definition) is 5. The second kappa shape index (κ2) is 7.19. The summed E-state index contributed by atoms with van der Waals surface area (Å²) in [5.74, 6) is 0.977. The third-order valence-corrected chi connectivity index (χ3v) is 4.98. The van der Waals surface area contributed by atoms with E-state index in [1.165, 1.54) is 0 Å². The van der Waals surface area contributed by atoms with Crippen LogP contribution in [0, 0.1) is 13.8 Å². The van der Waals surface area contributed by atoms with Gasteiger partial charge in [-0.25, -0.2) is 9.97 Å². The number of hydrogen-bond donors (Lipinski definition) is 0. The number of aryl methyl sites for hydroxylation is 1. The molecule has 26 heavy (non-hydrogen) atoms. The number of ketones is 1. The summed E-state index contributed by atoms with van der Waals surface area (Å²) in [6.07, 6.45) is 3.53. The molecule has 0 spiro atoms. The van der Waals surface area contributed by atoms with Crippen molar-refractivity contribution in [1.82, 2.24) is 19.4 Å². The van der Waals surface area contributed by atoms with Gasteiger partial charge in [-0.2, -0.15) is 0 Å². The second-order valence-corrected chi connectivity index (χ2v) is 8.03.